The van der Waals surface area contributed by atoms with Crippen LogP contribution in [0.25, 0.3) is 0 Å². The van der Waals surface area contributed by atoms with Crippen LogP contribution in [0.5, 0.6) is 0 Å². The Morgan fingerprint density at radius 1 is 0.590 bits per heavy atom. The highest BCUT2D eigenvalue weighted by Crippen LogP contribution is 2.15. The second kappa shape index (κ2) is 26.2. The predicted molar refractivity (Wildman–Crippen MR) is 163 cm³/mol. The van der Waals surface area contributed by atoms with Gasteiger partial charge in [0.05, 0.1) is 17.9 Å². The summed E-state index contributed by atoms with van der Waals surface area (Å²) < 4.78 is 32.2. The molecule has 7 nitrogen and oxygen atoms in total. The van der Waals surface area contributed by atoms with Crippen LogP contribution < -0.4 is 5.32 Å². The van der Waals surface area contributed by atoms with Gasteiger partial charge in [-0.05, 0) is 12.8 Å². The zero-order chi connectivity index (χ0) is 29.2. The number of unbranched alkanes of at least 4 members (excludes halogenated alkanes) is 20. The quantitative estimate of drug-likeness (QED) is 0.0539. The molecule has 0 aromatic carbocycles. The lowest BCUT2D eigenvalue weighted by Crippen LogP contribution is -2.50. The monoisotopic (exact) mass is 577 g/mol. The van der Waals surface area contributed by atoms with E-state index < -0.39 is 40.0 Å². The van der Waals surface area contributed by atoms with Crippen LogP contribution in [0.3, 0.4) is 0 Å². The molecule has 4 N–H and O–H groups in total. The van der Waals surface area contributed by atoms with Crippen LogP contribution in [0.2, 0.25) is 0 Å². The number of carbonyl (C=O) groups excluding carboxylic acids is 1. The van der Waals surface area contributed by atoms with E-state index in [2.05, 4.69) is 19.2 Å². The molecule has 0 aliphatic carbocycles. The molecule has 0 radical (unpaired) electrons. The van der Waals surface area contributed by atoms with Crippen LogP contribution in [0.15, 0.2) is 0 Å². The van der Waals surface area contributed by atoms with Crippen molar-refractivity contribution in [3.05, 3.63) is 0 Å². The Bertz CT molecular complexity index is 657. The molecule has 0 aromatic heterocycles. The third-order valence-electron chi connectivity index (χ3n) is 7.67. The first kappa shape index (κ1) is 38.3. The number of nitrogens with one attached hydrogen (secondary N) is 1. The van der Waals surface area contributed by atoms with Crippen molar-refractivity contribution in [3.63, 3.8) is 0 Å². The molecule has 3 atom stereocenters. The van der Waals surface area contributed by atoms with Gasteiger partial charge in [0.1, 0.15) is 6.10 Å². The third kappa shape index (κ3) is 26.0. The highest BCUT2D eigenvalue weighted by molar-refractivity contribution is 7.85. The van der Waals surface area contributed by atoms with Gasteiger partial charge in [-0.15, -0.1) is 0 Å². The van der Waals surface area contributed by atoms with Crippen LogP contribution >= 0.6 is 0 Å². The van der Waals surface area contributed by atoms with E-state index in [1.807, 2.05) is 0 Å². The van der Waals surface area contributed by atoms with Crippen molar-refractivity contribution < 1.29 is 28.0 Å². The summed E-state index contributed by atoms with van der Waals surface area (Å²) in [5, 5.41) is 23.3. The molecule has 234 valence electrons. The molecule has 0 aliphatic heterocycles. The maximum Gasteiger partial charge on any atom is 0.266 e. The van der Waals surface area contributed by atoms with Crippen molar-refractivity contribution in [2.75, 3.05) is 5.75 Å². The largest absolute Gasteiger partial charge is 0.391 e. The van der Waals surface area contributed by atoms with Gasteiger partial charge >= 0.3 is 0 Å². The fraction of sp³-hybridized carbons (Fsp3) is 0.968. The Morgan fingerprint density at radius 2 is 0.923 bits per heavy atom. The molecular formula is C31H63NO6S. The Hall–Kier alpha value is -0.700. The number of aliphatic hydroxyl groups excluding tert-OH is 2. The fourth-order valence-electron chi connectivity index (χ4n) is 5.11. The van der Waals surface area contributed by atoms with E-state index in [1.165, 1.54) is 96.3 Å². The van der Waals surface area contributed by atoms with Crippen molar-refractivity contribution in [3.8, 4) is 0 Å². The molecule has 0 aliphatic rings. The Kier molecular flexibility index (Phi) is 25.7. The van der Waals surface area contributed by atoms with E-state index in [9.17, 15) is 28.0 Å². The average Bonchev–Trinajstić information content (AvgIpc) is 2.88. The van der Waals surface area contributed by atoms with Crippen LogP contribution in [0, 0.1) is 0 Å². The SMILES string of the molecule is CCCCCCCCCCCCCCC(O)C(=O)NC(CS(=O)(=O)O)C(O)CCCCCCCCCCCC. The van der Waals surface area contributed by atoms with Gasteiger partial charge < -0.3 is 15.5 Å². The molecule has 0 bridgehead atoms. The van der Waals surface area contributed by atoms with Gasteiger partial charge in [-0.25, -0.2) is 0 Å². The molecule has 0 rings (SSSR count). The number of hydrogen-bond acceptors (Lipinski definition) is 5. The van der Waals surface area contributed by atoms with Crippen LogP contribution in [0.4, 0.5) is 0 Å². The van der Waals surface area contributed by atoms with Gasteiger partial charge in [-0.1, -0.05) is 155 Å². The van der Waals surface area contributed by atoms with Crippen molar-refractivity contribution >= 4 is 16.0 Å². The Morgan fingerprint density at radius 3 is 1.28 bits per heavy atom. The van der Waals surface area contributed by atoms with Crippen molar-refractivity contribution in [2.45, 2.75) is 186 Å². The lowest BCUT2D eigenvalue weighted by molar-refractivity contribution is -0.131. The van der Waals surface area contributed by atoms with Gasteiger partial charge in [0.15, 0.2) is 0 Å². The van der Waals surface area contributed by atoms with Gasteiger partial charge in [-0.3, -0.25) is 9.35 Å². The molecule has 0 heterocycles. The zero-order valence-corrected chi connectivity index (χ0v) is 26.2. The molecule has 0 spiro atoms. The highest BCUT2D eigenvalue weighted by Gasteiger charge is 2.28. The topological polar surface area (TPSA) is 124 Å². The molecular weight excluding hydrogens is 514 g/mol. The molecule has 0 aromatic rings. The molecule has 3 unspecified atom stereocenters. The lowest BCUT2D eigenvalue weighted by atomic mass is 10.0. The summed E-state index contributed by atoms with van der Waals surface area (Å²) in [7, 11) is -4.39. The normalized spacial score (nSPS) is 14.3. The van der Waals surface area contributed by atoms with Crippen molar-refractivity contribution in [2.24, 2.45) is 0 Å². The summed E-state index contributed by atoms with van der Waals surface area (Å²) in [6.45, 7) is 4.44. The van der Waals surface area contributed by atoms with E-state index >= 15 is 0 Å². The van der Waals surface area contributed by atoms with E-state index in [1.54, 1.807) is 0 Å². The number of carbonyl (C=O) groups is 1. The maximum atomic E-state index is 12.5. The Balaban J connectivity index is 4.12. The number of amides is 1. The second-order valence-corrected chi connectivity index (χ2v) is 13.1. The summed E-state index contributed by atoms with van der Waals surface area (Å²) in [5.74, 6) is -1.45. The van der Waals surface area contributed by atoms with Crippen LogP contribution in [0.1, 0.15) is 168 Å². The number of hydrogen-bond donors (Lipinski definition) is 4. The maximum absolute atomic E-state index is 12.5. The molecule has 0 fully saturated rings. The number of aliphatic hydroxyl groups is 2. The summed E-state index contributed by atoms with van der Waals surface area (Å²) in [4.78, 5) is 12.5. The highest BCUT2D eigenvalue weighted by atomic mass is 32.2. The summed E-state index contributed by atoms with van der Waals surface area (Å²) in [6, 6.07) is -1.14. The van der Waals surface area contributed by atoms with E-state index in [4.69, 9.17) is 0 Å². The standard InChI is InChI=1S/C31H63NO6S/c1-3-5-7-9-11-13-15-16-18-20-22-24-26-30(34)31(35)32-28(27-39(36,37)38)29(33)25-23-21-19-17-14-12-10-8-6-4-2/h28-30,33-34H,3-27H2,1-2H3,(H,32,35)(H,36,37,38). The molecule has 39 heavy (non-hydrogen) atoms. The first-order valence-electron chi connectivity index (χ1n) is 16.3. The molecule has 1 amide bonds. The zero-order valence-electron chi connectivity index (χ0n) is 25.4. The summed E-state index contributed by atoms with van der Waals surface area (Å²) in [6.07, 6.45) is 24.1. The number of rotatable bonds is 29. The smallest absolute Gasteiger partial charge is 0.266 e. The van der Waals surface area contributed by atoms with Gasteiger partial charge in [0.2, 0.25) is 5.91 Å². The first-order chi connectivity index (χ1) is 18.7. The van der Waals surface area contributed by atoms with Crippen LogP contribution in [-0.2, 0) is 14.9 Å². The van der Waals surface area contributed by atoms with Gasteiger partial charge in [-0.2, -0.15) is 8.42 Å². The minimum Gasteiger partial charge on any atom is -0.391 e. The van der Waals surface area contributed by atoms with Gasteiger partial charge in [0.25, 0.3) is 10.1 Å². The second-order valence-electron chi connectivity index (χ2n) is 11.6. The lowest BCUT2D eigenvalue weighted by Gasteiger charge is -2.24. The molecule has 0 saturated carbocycles. The first-order valence-corrected chi connectivity index (χ1v) is 17.9. The molecule has 0 saturated heterocycles. The third-order valence-corrected chi connectivity index (χ3v) is 8.45. The molecule has 8 heteroatoms. The summed E-state index contributed by atoms with van der Waals surface area (Å²) >= 11 is 0. The van der Waals surface area contributed by atoms with Crippen molar-refractivity contribution in [1.82, 2.24) is 5.32 Å². The van der Waals surface area contributed by atoms with E-state index in [0.29, 0.717) is 12.8 Å². The fourth-order valence-corrected chi connectivity index (χ4v) is 5.87. The minimum absolute atomic E-state index is 0.302. The van der Waals surface area contributed by atoms with E-state index in [-0.39, 0.29) is 0 Å². The average molecular weight is 578 g/mol. The Labute approximate surface area is 241 Å². The van der Waals surface area contributed by atoms with Crippen molar-refractivity contribution in [1.29, 1.82) is 0 Å². The van der Waals surface area contributed by atoms with E-state index in [0.717, 1.165) is 44.9 Å². The summed E-state index contributed by atoms with van der Waals surface area (Å²) in [5.41, 5.74) is 0. The van der Waals surface area contributed by atoms with Crippen LogP contribution in [-0.4, -0.2) is 53.1 Å². The minimum atomic E-state index is -4.39. The van der Waals surface area contributed by atoms with Gasteiger partial charge in [0, 0.05) is 0 Å². The predicted octanol–water partition coefficient (Wildman–Crippen LogP) is 7.48.